The van der Waals surface area contributed by atoms with Crippen LogP contribution in [-0.4, -0.2) is 27.0 Å². The lowest BCUT2D eigenvalue weighted by atomic mass is 10.1. The highest BCUT2D eigenvalue weighted by Crippen LogP contribution is 2.29. The predicted octanol–water partition coefficient (Wildman–Crippen LogP) is 2.66. The normalized spacial score (nSPS) is 17.1. The van der Waals surface area contributed by atoms with Crippen molar-refractivity contribution in [1.29, 1.82) is 0 Å². The zero-order chi connectivity index (χ0) is 13.3. The second-order valence-electron chi connectivity index (χ2n) is 5.77. The summed E-state index contributed by atoms with van der Waals surface area (Å²) in [5, 5.41) is 13.5. The molecule has 0 spiro atoms. The van der Waals surface area contributed by atoms with E-state index in [0.29, 0.717) is 5.75 Å². The summed E-state index contributed by atoms with van der Waals surface area (Å²) in [6.07, 6.45) is 5.97. The molecule has 0 bridgehead atoms. The van der Waals surface area contributed by atoms with E-state index in [1.807, 2.05) is 20.8 Å². The Morgan fingerprint density at radius 3 is 2.56 bits per heavy atom. The third-order valence-electron chi connectivity index (χ3n) is 3.17. The number of nitrogens with zero attached hydrogens (tertiary/aromatic N) is 2. The van der Waals surface area contributed by atoms with E-state index in [-0.39, 0.29) is 17.3 Å². The third-order valence-corrected chi connectivity index (χ3v) is 3.17. The summed E-state index contributed by atoms with van der Waals surface area (Å²) >= 11 is 0. The number of rotatable bonds is 3. The Bertz CT molecular complexity index is 440. The number of hydrogen-bond acceptors (Lipinski definition) is 3. The minimum absolute atomic E-state index is 0.140. The van der Waals surface area contributed by atoms with E-state index in [1.54, 1.807) is 0 Å². The van der Waals surface area contributed by atoms with Gasteiger partial charge in [-0.2, -0.15) is 5.10 Å². The van der Waals surface area contributed by atoms with Crippen LogP contribution in [0.3, 0.4) is 0 Å². The molecule has 1 saturated carbocycles. The molecular formula is C13H20N2O3. The Morgan fingerprint density at radius 2 is 2.06 bits per heavy atom. The van der Waals surface area contributed by atoms with Gasteiger partial charge >= 0.3 is 5.97 Å². The smallest absolute Gasteiger partial charge is 0.358 e. The number of carboxylic acid groups (broad SMARTS) is 1. The van der Waals surface area contributed by atoms with E-state index < -0.39 is 5.97 Å². The second kappa shape index (κ2) is 4.63. The highest BCUT2D eigenvalue weighted by atomic mass is 16.5. The SMILES string of the molecule is CC(C)(C)n1ncc(OC2CCCC2)c1C(=O)O. The summed E-state index contributed by atoms with van der Waals surface area (Å²) in [4.78, 5) is 11.4. The molecule has 1 fully saturated rings. The molecule has 0 atom stereocenters. The van der Waals surface area contributed by atoms with E-state index in [2.05, 4.69) is 5.10 Å². The molecular weight excluding hydrogens is 232 g/mol. The minimum atomic E-state index is -0.990. The molecule has 18 heavy (non-hydrogen) atoms. The van der Waals surface area contributed by atoms with Crippen LogP contribution in [0.25, 0.3) is 0 Å². The molecule has 1 aliphatic rings. The first-order valence-electron chi connectivity index (χ1n) is 6.38. The minimum Gasteiger partial charge on any atom is -0.486 e. The molecule has 1 aromatic heterocycles. The summed E-state index contributed by atoms with van der Waals surface area (Å²) in [6.45, 7) is 5.77. The molecule has 2 rings (SSSR count). The zero-order valence-corrected chi connectivity index (χ0v) is 11.1. The Hall–Kier alpha value is -1.52. The molecule has 1 N–H and O–H groups in total. The van der Waals surface area contributed by atoms with Crippen LogP contribution in [0, 0.1) is 0 Å². The van der Waals surface area contributed by atoms with Gasteiger partial charge in [0.1, 0.15) is 0 Å². The van der Waals surface area contributed by atoms with E-state index in [0.717, 1.165) is 25.7 Å². The van der Waals surface area contributed by atoms with Gasteiger partial charge in [-0.15, -0.1) is 0 Å². The van der Waals surface area contributed by atoms with Crippen molar-refractivity contribution in [3.63, 3.8) is 0 Å². The van der Waals surface area contributed by atoms with Gasteiger partial charge < -0.3 is 9.84 Å². The van der Waals surface area contributed by atoms with Crippen LogP contribution in [0.1, 0.15) is 56.9 Å². The fraction of sp³-hybridized carbons (Fsp3) is 0.692. The van der Waals surface area contributed by atoms with Crippen molar-refractivity contribution in [2.75, 3.05) is 0 Å². The van der Waals surface area contributed by atoms with Gasteiger partial charge in [0.15, 0.2) is 11.4 Å². The zero-order valence-electron chi connectivity index (χ0n) is 11.1. The van der Waals surface area contributed by atoms with Gasteiger partial charge in [-0.3, -0.25) is 0 Å². The average Bonchev–Trinajstić information content (AvgIpc) is 2.85. The maximum atomic E-state index is 11.4. The summed E-state index contributed by atoms with van der Waals surface area (Å²) in [5.74, 6) is -0.597. The highest BCUT2D eigenvalue weighted by Gasteiger charge is 2.28. The quantitative estimate of drug-likeness (QED) is 0.898. The van der Waals surface area contributed by atoms with Crippen LogP contribution in [0.15, 0.2) is 6.20 Å². The molecule has 0 aromatic carbocycles. The average molecular weight is 252 g/mol. The first-order chi connectivity index (χ1) is 8.39. The van der Waals surface area contributed by atoms with E-state index in [1.165, 1.54) is 10.9 Å². The topological polar surface area (TPSA) is 64.4 Å². The molecule has 0 amide bonds. The number of aromatic carboxylic acids is 1. The fourth-order valence-electron chi connectivity index (χ4n) is 2.31. The molecule has 0 aliphatic heterocycles. The summed E-state index contributed by atoms with van der Waals surface area (Å²) in [6, 6.07) is 0. The second-order valence-corrected chi connectivity index (χ2v) is 5.77. The van der Waals surface area contributed by atoms with Crippen molar-refractivity contribution in [2.24, 2.45) is 0 Å². The van der Waals surface area contributed by atoms with Gasteiger partial charge in [-0.25, -0.2) is 9.48 Å². The van der Waals surface area contributed by atoms with Crippen molar-refractivity contribution in [3.05, 3.63) is 11.9 Å². The highest BCUT2D eigenvalue weighted by molar-refractivity contribution is 5.88. The number of ether oxygens (including phenoxy) is 1. The molecule has 1 aromatic rings. The lowest BCUT2D eigenvalue weighted by Gasteiger charge is -2.21. The number of hydrogen-bond donors (Lipinski definition) is 1. The van der Waals surface area contributed by atoms with Crippen LogP contribution in [0.5, 0.6) is 5.75 Å². The van der Waals surface area contributed by atoms with Crippen LogP contribution in [0.2, 0.25) is 0 Å². The lowest BCUT2D eigenvalue weighted by Crippen LogP contribution is -2.27. The summed E-state index contributed by atoms with van der Waals surface area (Å²) in [7, 11) is 0. The van der Waals surface area contributed by atoms with Crippen LogP contribution in [-0.2, 0) is 5.54 Å². The number of aromatic nitrogens is 2. The summed E-state index contributed by atoms with van der Waals surface area (Å²) < 4.78 is 7.29. The fourth-order valence-corrected chi connectivity index (χ4v) is 2.31. The molecule has 0 saturated heterocycles. The van der Waals surface area contributed by atoms with Crippen molar-refractivity contribution >= 4 is 5.97 Å². The molecule has 100 valence electrons. The number of carbonyl (C=O) groups is 1. The Kier molecular flexibility index (Phi) is 3.32. The first-order valence-corrected chi connectivity index (χ1v) is 6.38. The van der Waals surface area contributed by atoms with Gasteiger partial charge in [-0.05, 0) is 46.5 Å². The molecule has 0 radical (unpaired) electrons. The third kappa shape index (κ3) is 2.49. The predicted molar refractivity (Wildman–Crippen MR) is 67.1 cm³/mol. The van der Waals surface area contributed by atoms with Gasteiger partial charge in [0.2, 0.25) is 0 Å². The molecule has 0 unspecified atom stereocenters. The summed E-state index contributed by atoms with van der Waals surface area (Å²) in [5.41, 5.74) is -0.222. The van der Waals surface area contributed by atoms with E-state index in [4.69, 9.17) is 4.74 Å². The Balaban J connectivity index is 2.30. The van der Waals surface area contributed by atoms with Gasteiger partial charge in [0.05, 0.1) is 17.8 Å². The largest absolute Gasteiger partial charge is 0.486 e. The maximum Gasteiger partial charge on any atom is 0.358 e. The van der Waals surface area contributed by atoms with Crippen molar-refractivity contribution in [2.45, 2.75) is 58.1 Å². The molecule has 1 heterocycles. The first kappa shape index (κ1) is 12.9. The number of carboxylic acids is 1. The van der Waals surface area contributed by atoms with Gasteiger partial charge in [0.25, 0.3) is 0 Å². The molecule has 1 aliphatic carbocycles. The van der Waals surface area contributed by atoms with E-state index >= 15 is 0 Å². The van der Waals surface area contributed by atoms with Crippen LogP contribution < -0.4 is 4.74 Å². The Morgan fingerprint density at radius 1 is 1.44 bits per heavy atom. The Labute approximate surface area is 107 Å². The molecule has 5 nitrogen and oxygen atoms in total. The standard InChI is InChI=1S/C13H20N2O3/c1-13(2,3)15-11(12(16)17)10(8-14-15)18-9-6-4-5-7-9/h8-9H,4-7H2,1-3H3,(H,16,17). The lowest BCUT2D eigenvalue weighted by molar-refractivity contribution is 0.0666. The van der Waals surface area contributed by atoms with Crippen LogP contribution in [0.4, 0.5) is 0 Å². The molecule has 5 heteroatoms. The van der Waals surface area contributed by atoms with Crippen LogP contribution >= 0.6 is 0 Å². The van der Waals surface area contributed by atoms with E-state index in [9.17, 15) is 9.90 Å². The maximum absolute atomic E-state index is 11.4. The van der Waals surface area contributed by atoms with Crippen molar-refractivity contribution in [3.8, 4) is 5.75 Å². The van der Waals surface area contributed by atoms with Crippen molar-refractivity contribution < 1.29 is 14.6 Å². The van der Waals surface area contributed by atoms with Crippen molar-refractivity contribution in [1.82, 2.24) is 9.78 Å². The monoisotopic (exact) mass is 252 g/mol. The van der Waals surface area contributed by atoms with Gasteiger partial charge in [-0.1, -0.05) is 0 Å². The van der Waals surface area contributed by atoms with Gasteiger partial charge in [0, 0.05) is 0 Å².